The predicted octanol–water partition coefficient (Wildman–Crippen LogP) is 1.17. The molecule has 24 heavy (non-hydrogen) atoms. The fraction of sp³-hybridized carbons (Fsp3) is 0.556. The van der Waals surface area contributed by atoms with E-state index in [4.69, 9.17) is 5.11 Å². The normalized spacial score (nSPS) is 26.1. The van der Waals surface area contributed by atoms with E-state index < -0.39 is 5.97 Å². The SMILES string of the molecule is CN1CCN(Cc2ccc(C(=O)O)cc2)C[C@]12CCNC(=O)CC2. The van der Waals surface area contributed by atoms with Crippen LogP contribution in [0.3, 0.4) is 0 Å². The minimum Gasteiger partial charge on any atom is -0.478 e. The van der Waals surface area contributed by atoms with Gasteiger partial charge in [-0.3, -0.25) is 14.6 Å². The molecule has 2 saturated heterocycles. The Bertz CT molecular complexity index is 616. The zero-order valence-electron chi connectivity index (χ0n) is 14.1. The average molecular weight is 331 g/mol. The summed E-state index contributed by atoms with van der Waals surface area (Å²) in [5.74, 6) is -0.739. The first kappa shape index (κ1) is 16.9. The van der Waals surface area contributed by atoms with Crippen LogP contribution in [0.15, 0.2) is 24.3 Å². The van der Waals surface area contributed by atoms with Crippen LogP contribution >= 0.6 is 0 Å². The molecule has 1 aromatic rings. The second kappa shape index (κ2) is 6.91. The number of rotatable bonds is 3. The number of carbonyl (C=O) groups is 2. The summed E-state index contributed by atoms with van der Waals surface area (Å²) in [4.78, 5) is 27.5. The molecule has 130 valence electrons. The standard InChI is InChI=1S/C18H25N3O3/c1-20-10-11-21(12-14-2-4-15(5-3-14)17(23)24)13-18(20)7-6-16(22)19-9-8-18/h2-5H,6-13H2,1H3,(H,19,22)(H,23,24)/t18-/m0/s1. The van der Waals surface area contributed by atoms with Crippen molar-refractivity contribution in [2.75, 3.05) is 33.2 Å². The van der Waals surface area contributed by atoms with Crippen LogP contribution < -0.4 is 5.32 Å². The first-order chi connectivity index (χ1) is 11.5. The predicted molar refractivity (Wildman–Crippen MR) is 90.9 cm³/mol. The lowest BCUT2D eigenvalue weighted by molar-refractivity contribution is -0.121. The van der Waals surface area contributed by atoms with E-state index in [0.29, 0.717) is 12.0 Å². The van der Waals surface area contributed by atoms with Crippen molar-refractivity contribution in [1.29, 1.82) is 0 Å². The summed E-state index contributed by atoms with van der Waals surface area (Å²) in [6.07, 6.45) is 2.46. The van der Waals surface area contributed by atoms with Gasteiger partial charge in [0.15, 0.2) is 0 Å². The van der Waals surface area contributed by atoms with E-state index in [1.807, 2.05) is 12.1 Å². The lowest BCUT2D eigenvalue weighted by Gasteiger charge is -2.49. The van der Waals surface area contributed by atoms with Gasteiger partial charge in [0.05, 0.1) is 5.56 Å². The highest BCUT2D eigenvalue weighted by Gasteiger charge is 2.40. The number of amides is 1. The number of likely N-dealkylation sites (N-methyl/N-ethyl adjacent to an activating group) is 1. The van der Waals surface area contributed by atoms with Crippen LogP contribution in [0.5, 0.6) is 0 Å². The Morgan fingerprint density at radius 3 is 2.71 bits per heavy atom. The summed E-state index contributed by atoms with van der Waals surface area (Å²) in [6.45, 7) is 4.47. The second-order valence-corrected chi connectivity index (χ2v) is 6.96. The van der Waals surface area contributed by atoms with Gasteiger partial charge in [-0.15, -0.1) is 0 Å². The van der Waals surface area contributed by atoms with E-state index in [1.54, 1.807) is 12.1 Å². The van der Waals surface area contributed by atoms with Crippen LogP contribution in [0.2, 0.25) is 0 Å². The maximum atomic E-state index is 11.7. The third-order valence-electron chi connectivity index (χ3n) is 5.42. The van der Waals surface area contributed by atoms with Crippen LogP contribution in [0.25, 0.3) is 0 Å². The van der Waals surface area contributed by atoms with Gasteiger partial charge >= 0.3 is 5.97 Å². The Hall–Kier alpha value is -1.92. The molecule has 0 aliphatic carbocycles. The van der Waals surface area contributed by atoms with Crippen molar-refractivity contribution in [3.63, 3.8) is 0 Å². The number of aromatic carboxylic acids is 1. The minimum absolute atomic E-state index is 0.0540. The summed E-state index contributed by atoms with van der Waals surface area (Å²) in [7, 11) is 2.16. The number of carbonyl (C=O) groups excluding carboxylic acids is 1. The van der Waals surface area contributed by atoms with Crippen LogP contribution in [0, 0.1) is 0 Å². The molecule has 6 nitrogen and oxygen atoms in total. The molecule has 6 heteroatoms. The third-order valence-corrected chi connectivity index (χ3v) is 5.42. The van der Waals surface area contributed by atoms with E-state index in [2.05, 4.69) is 22.2 Å². The summed E-state index contributed by atoms with van der Waals surface area (Å²) >= 11 is 0. The van der Waals surface area contributed by atoms with Crippen molar-refractivity contribution in [2.45, 2.75) is 31.3 Å². The van der Waals surface area contributed by atoms with E-state index in [-0.39, 0.29) is 11.4 Å². The first-order valence-electron chi connectivity index (χ1n) is 8.51. The molecule has 2 aliphatic heterocycles. The van der Waals surface area contributed by atoms with E-state index in [1.165, 1.54) is 0 Å². The van der Waals surface area contributed by atoms with Gasteiger partial charge in [0.25, 0.3) is 0 Å². The number of piperazine rings is 1. The smallest absolute Gasteiger partial charge is 0.335 e. The summed E-state index contributed by atoms with van der Waals surface area (Å²) in [5, 5.41) is 12.0. The number of hydrogen-bond acceptors (Lipinski definition) is 4. The Labute approximate surface area is 142 Å². The number of nitrogens with zero attached hydrogens (tertiary/aromatic N) is 2. The lowest BCUT2D eigenvalue weighted by atomic mass is 9.86. The van der Waals surface area contributed by atoms with E-state index in [0.717, 1.165) is 51.1 Å². The third kappa shape index (κ3) is 3.60. The van der Waals surface area contributed by atoms with Crippen molar-refractivity contribution < 1.29 is 14.7 Å². The Morgan fingerprint density at radius 2 is 2.00 bits per heavy atom. The van der Waals surface area contributed by atoms with Crippen LogP contribution in [0.4, 0.5) is 0 Å². The van der Waals surface area contributed by atoms with Gasteiger partial charge in [0, 0.05) is 44.7 Å². The van der Waals surface area contributed by atoms with Gasteiger partial charge in [-0.25, -0.2) is 4.79 Å². The maximum Gasteiger partial charge on any atom is 0.335 e. The van der Waals surface area contributed by atoms with Crippen molar-refractivity contribution in [3.05, 3.63) is 35.4 Å². The molecule has 0 radical (unpaired) electrons. The Morgan fingerprint density at radius 1 is 1.25 bits per heavy atom. The molecule has 1 aromatic carbocycles. The number of carboxylic acid groups (broad SMARTS) is 1. The summed E-state index contributed by atoms with van der Waals surface area (Å²) in [5.41, 5.74) is 1.50. The summed E-state index contributed by atoms with van der Waals surface area (Å²) in [6, 6.07) is 7.12. The molecule has 0 bridgehead atoms. The molecular weight excluding hydrogens is 306 g/mol. The van der Waals surface area contributed by atoms with Gasteiger partial charge in [0.2, 0.25) is 5.91 Å². The molecule has 1 atom stereocenters. The fourth-order valence-corrected chi connectivity index (χ4v) is 3.82. The zero-order chi connectivity index (χ0) is 17.2. The number of nitrogens with one attached hydrogen (secondary N) is 1. The summed E-state index contributed by atoms with van der Waals surface area (Å²) < 4.78 is 0. The largest absolute Gasteiger partial charge is 0.478 e. The topological polar surface area (TPSA) is 72.9 Å². The molecule has 1 spiro atoms. The minimum atomic E-state index is -0.893. The highest BCUT2D eigenvalue weighted by atomic mass is 16.4. The van der Waals surface area contributed by atoms with E-state index >= 15 is 0 Å². The zero-order valence-corrected chi connectivity index (χ0v) is 14.1. The molecular formula is C18H25N3O3. The average Bonchev–Trinajstić information content (AvgIpc) is 2.74. The monoisotopic (exact) mass is 331 g/mol. The van der Waals surface area contributed by atoms with Gasteiger partial charge in [0.1, 0.15) is 0 Å². The van der Waals surface area contributed by atoms with Crippen molar-refractivity contribution >= 4 is 11.9 Å². The molecule has 2 heterocycles. The van der Waals surface area contributed by atoms with Crippen molar-refractivity contribution in [2.24, 2.45) is 0 Å². The lowest BCUT2D eigenvalue weighted by Crippen LogP contribution is -2.60. The molecule has 1 amide bonds. The highest BCUT2D eigenvalue weighted by molar-refractivity contribution is 5.87. The maximum absolute atomic E-state index is 11.7. The van der Waals surface area contributed by atoms with E-state index in [9.17, 15) is 9.59 Å². The van der Waals surface area contributed by atoms with Gasteiger partial charge in [-0.1, -0.05) is 12.1 Å². The Kier molecular flexibility index (Phi) is 4.87. The molecule has 2 fully saturated rings. The quantitative estimate of drug-likeness (QED) is 0.870. The molecule has 0 saturated carbocycles. The molecule has 2 aliphatic rings. The van der Waals surface area contributed by atoms with Gasteiger partial charge in [-0.2, -0.15) is 0 Å². The number of benzene rings is 1. The van der Waals surface area contributed by atoms with Crippen LogP contribution in [0.1, 0.15) is 35.2 Å². The second-order valence-electron chi connectivity index (χ2n) is 6.96. The first-order valence-corrected chi connectivity index (χ1v) is 8.51. The van der Waals surface area contributed by atoms with Gasteiger partial charge < -0.3 is 10.4 Å². The number of carboxylic acids is 1. The molecule has 2 N–H and O–H groups in total. The molecule has 0 unspecified atom stereocenters. The molecule has 3 rings (SSSR count). The van der Waals surface area contributed by atoms with Gasteiger partial charge in [-0.05, 0) is 37.6 Å². The van der Waals surface area contributed by atoms with Crippen LogP contribution in [-0.4, -0.2) is 65.5 Å². The van der Waals surface area contributed by atoms with Crippen LogP contribution in [-0.2, 0) is 11.3 Å². The molecule has 0 aromatic heterocycles. The fourth-order valence-electron chi connectivity index (χ4n) is 3.82. The number of hydrogen-bond donors (Lipinski definition) is 2. The van der Waals surface area contributed by atoms with Crippen molar-refractivity contribution in [3.8, 4) is 0 Å². The highest BCUT2D eigenvalue weighted by Crippen LogP contribution is 2.31. The Balaban J connectivity index is 1.68. The van der Waals surface area contributed by atoms with Crippen molar-refractivity contribution in [1.82, 2.24) is 15.1 Å².